The van der Waals surface area contributed by atoms with E-state index in [-0.39, 0.29) is 5.91 Å². The summed E-state index contributed by atoms with van der Waals surface area (Å²) in [5.74, 6) is 1.52. The van der Waals surface area contributed by atoms with Crippen molar-refractivity contribution < 1.29 is 14.3 Å². The summed E-state index contributed by atoms with van der Waals surface area (Å²) < 4.78 is 6.59. The van der Waals surface area contributed by atoms with E-state index in [0.717, 1.165) is 30.9 Å². The van der Waals surface area contributed by atoms with Crippen LogP contribution in [0.3, 0.4) is 0 Å². The van der Waals surface area contributed by atoms with Gasteiger partial charge in [-0.1, -0.05) is 0 Å². The SMILES string of the molecule is COC(=O)N1CCCC[C@@H]1C(=O)NCCCn1nc(C)nc1C. The molecule has 1 N–H and O–H groups in total. The van der Waals surface area contributed by atoms with Crippen molar-refractivity contribution in [1.82, 2.24) is 25.0 Å². The van der Waals surface area contributed by atoms with Crippen LogP contribution in [-0.2, 0) is 16.1 Å². The normalized spacial score (nSPS) is 17.9. The number of amides is 2. The van der Waals surface area contributed by atoms with Gasteiger partial charge in [-0.2, -0.15) is 5.10 Å². The first-order valence-electron chi connectivity index (χ1n) is 8.03. The molecule has 0 aromatic carbocycles. The van der Waals surface area contributed by atoms with E-state index < -0.39 is 12.1 Å². The van der Waals surface area contributed by atoms with Crippen molar-refractivity contribution in [1.29, 1.82) is 0 Å². The number of carbonyl (C=O) groups is 2. The molecule has 1 atom stereocenters. The molecule has 128 valence electrons. The number of nitrogens with one attached hydrogen (secondary N) is 1. The maximum absolute atomic E-state index is 12.3. The number of likely N-dealkylation sites (tertiary alicyclic amines) is 1. The molecule has 23 heavy (non-hydrogen) atoms. The summed E-state index contributed by atoms with van der Waals surface area (Å²) in [6.45, 7) is 5.59. The number of aromatic nitrogens is 3. The van der Waals surface area contributed by atoms with Gasteiger partial charge in [0.05, 0.1) is 7.11 Å². The smallest absolute Gasteiger partial charge is 0.410 e. The van der Waals surface area contributed by atoms with E-state index >= 15 is 0 Å². The number of ether oxygens (including phenoxy) is 1. The molecule has 0 aliphatic carbocycles. The van der Waals surface area contributed by atoms with Crippen molar-refractivity contribution in [3.63, 3.8) is 0 Å². The summed E-state index contributed by atoms with van der Waals surface area (Å²) in [4.78, 5) is 29.8. The van der Waals surface area contributed by atoms with Crippen molar-refractivity contribution in [2.24, 2.45) is 0 Å². The third-order valence-electron chi connectivity index (χ3n) is 4.02. The molecule has 0 bridgehead atoms. The predicted molar refractivity (Wildman–Crippen MR) is 83.9 cm³/mol. The molecule has 1 aromatic rings. The van der Waals surface area contributed by atoms with Crippen molar-refractivity contribution in [3.05, 3.63) is 11.6 Å². The highest BCUT2D eigenvalue weighted by Crippen LogP contribution is 2.18. The Kier molecular flexibility index (Phi) is 5.95. The van der Waals surface area contributed by atoms with Gasteiger partial charge in [0.1, 0.15) is 17.7 Å². The van der Waals surface area contributed by atoms with Gasteiger partial charge in [-0.25, -0.2) is 9.78 Å². The van der Waals surface area contributed by atoms with Crippen molar-refractivity contribution in [2.75, 3.05) is 20.2 Å². The van der Waals surface area contributed by atoms with E-state index in [4.69, 9.17) is 4.74 Å². The van der Waals surface area contributed by atoms with Crippen LogP contribution in [0.5, 0.6) is 0 Å². The molecule has 2 heterocycles. The summed E-state index contributed by atoms with van der Waals surface area (Å²) in [5.41, 5.74) is 0. The minimum absolute atomic E-state index is 0.110. The minimum atomic E-state index is -0.432. The third-order valence-corrected chi connectivity index (χ3v) is 4.02. The number of carbonyl (C=O) groups excluding carboxylic acids is 2. The molecule has 1 aromatic heterocycles. The number of hydrogen-bond acceptors (Lipinski definition) is 5. The molecule has 1 fully saturated rings. The molecular formula is C15H25N5O3. The van der Waals surface area contributed by atoms with Crippen LogP contribution in [0.1, 0.15) is 37.3 Å². The van der Waals surface area contributed by atoms with Crippen LogP contribution in [0.2, 0.25) is 0 Å². The molecule has 2 amide bonds. The quantitative estimate of drug-likeness (QED) is 0.817. The Morgan fingerprint density at radius 2 is 2.13 bits per heavy atom. The molecule has 1 saturated heterocycles. The van der Waals surface area contributed by atoms with Crippen LogP contribution in [0.25, 0.3) is 0 Å². The summed E-state index contributed by atoms with van der Waals surface area (Å²) in [7, 11) is 1.34. The molecular weight excluding hydrogens is 298 g/mol. The van der Waals surface area contributed by atoms with E-state index in [1.807, 2.05) is 18.5 Å². The number of methoxy groups -OCH3 is 1. The van der Waals surface area contributed by atoms with Crippen molar-refractivity contribution >= 4 is 12.0 Å². The minimum Gasteiger partial charge on any atom is -0.453 e. The highest BCUT2D eigenvalue weighted by Gasteiger charge is 2.32. The van der Waals surface area contributed by atoms with Gasteiger partial charge in [-0.05, 0) is 39.5 Å². The Labute approximate surface area is 136 Å². The summed E-state index contributed by atoms with van der Waals surface area (Å²) in [6, 6.07) is -0.424. The monoisotopic (exact) mass is 323 g/mol. The first kappa shape index (κ1) is 17.2. The maximum Gasteiger partial charge on any atom is 0.410 e. The number of nitrogens with zero attached hydrogens (tertiary/aromatic N) is 4. The zero-order valence-corrected chi connectivity index (χ0v) is 14.0. The number of hydrogen-bond donors (Lipinski definition) is 1. The standard InChI is InChI=1S/C15H25N5O3/c1-11-17-12(2)20(18-11)10-6-8-16-14(21)13-7-4-5-9-19(13)15(22)23-3/h13H,4-10H2,1-3H3,(H,16,21)/t13-/m1/s1. The Morgan fingerprint density at radius 1 is 1.35 bits per heavy atom. The molecule has 8 nitrogen and oxygen atoms in total. The highest BCUT2D eigenvalue weighted by atomic mass is 16.5. The average molecular weight is 323 g/mol. The number of piperidine rings is 1. The van der Waals surface area contributed by atoms with Crippen LogP contribution in [0, 0.1) is 13.8 Å². The zero-order valence-electron chi connectivity index (χ0n) is 14.0. The van der Waals surface area contributed by atoms with Crippen molar-refractivity contribution in [3.8, 4) is 0 Å². The third kappa shape index (κ3) is 4.43. The molecule has 1 aliphatic rings. The predicted octanol–water partition coefficient (Wildman–Crippen LogP) is 1.02. The van der Waals surface area contributed by atoms with Gasteiger partial charge in [-0.3, -0.25) is 14.4 Å². The molecule has 0 spiro atoms. The van der Waals surface area contributed by atoms with E-state index in [2.05, 4.69) is 15.4 Å². The van der Waals surface area contributed by atoms with Gasteiger partial charge in [-0.15, -0.1) is 0 Å². The Hall–Kier alpha value is -2.12. The second-order valence-corrected chi connectivity index (χ2v) is 5.75. The summed E-state index contributed by atoms with van der Waals surface area (Å²) >= 11 is 0. The highest BCUT2D eigenvalue weighted by molar-refractivity contribution is 5.85. The van der Waals surface area contributed by atoms with Gasteiger partial charge >= 0.3 is 6.09 Å². The Morgan fingerprint density at radius 3 is 2.78 bits per heavy atom. The lowest BCUT2D eigenvalue weighted by atomic mass is 10.0. The van der Waals surface area contributed by atoms with Crippen LogP contribution in [-0.4, -0.2) is 57.9 Å². The van der Waals surface area contributed by atoms with Gasteiger partial charge in [0.2, 0.25) is 5.91 Å². The molecule has 8 heteroatoms. The fraction of sp³-hybridized carbons (Fsp3) is 0.733. The van der Waals surface area contributed by atoms with E-state index in [0.29, 0.717) is 26.1 Å². The van der Waals surface area contributed by atoms with Crippen molar-refractivity contribution in [2.45, 2.75) is 52.1 Å². The van der Waals surface area contributed by atoms with Gasteiger partial charge < -0.3 is 10.1 Å². The second kappa shape index (κ2) is 7.94. The second-order valence-electron chi connectivity index (χ2n) is 5.75. The van der Waals surface area contributed by atoms with Crippen LogP contribution in [0.4, 0.5) is 4.79 Å². The fourth-order valence-electron chi connectivity index (χ4n) is 2.87. The topological polar surface area (TPSA) is 89.4 Å². The maximum atomic E-state index is 12.3. The number of aryl methyl sites for hydroxylation is 3. The lowest BCUT2D eigenvalue weighted by molar-refractivity contribution is -0.127. The average Bonchev–Trinajstić information content (AvgIpc) is 2.88. The molecule has 2 rings (SSSR count). The van der Waals surface area contributed by atoms with E-state index in [9.17, 15) is 9.59 Å². The zero-order chi connectivity index (χ0) is 16.8. The largest absolute Gasteiger partial charge is 0.453 e. The summed E-state index contributed by atoms with van der Waals surface area (Å²) in [5, 5.41) is 7.19. The van der Waals surface area contributed by atoms with Crippen LogP contribution >= 0.6 is 0 Å². The van der Waals surface area contributed by atoms with Gasteiger partial charge in [0.25, 0.3) is 0 Å². The summed E-state index contributed by atoms with van der Waals surface area (Å²) in [6.07, 6.45) is 2.87. The lowest BCUT2D eigenvalue weighted by Gasteiger charge is -2.33. The molecule has 0 radical (unpaired) electrons. The van der Waals surface area contributed by atoms with Crippen LogP contribution in [0.15, 0.2) is 0 Å². The number of rotatable bonds is 5. The first-order chi connectivity index (χ1) is 11.0. The molecule has 0 saturated carbocycles. The molecule has 1 aliphatic heterocycles. The lowest BCUT2D eigenvalue weighted by Crippen LogP contribution is -2.52. The Balaban J connectivity index is 1.79. The van der Waals surface area contributed by atoms with Gasteiger partial charge in [0.15, 0.2) is 0 Å². The first-order valence-corrected chi connectivity index (χ1v) is 8.03. The Bertz CT molecular complexity index is 557. The van der Waals surface area contributed by atoms with Gasteiger partial charge in [0, 0.05) is 19.6 Å². The van der Waals surface area contributed by atoms with E-state index in [1.54, 1.807) is 0 Å². The van der Waals surface area contributed by atoms with Crippen LogP contribution < -0.4 is 5.32 Å². The van der Waals surface area contributed by atoms with E-state index in [1.165, 1.54) is 12.0 Å². The fourth-order valence-corrected chi connectivity index (χ4v) is 2.87. The molecule has 0 unspecified atom stereocenters.